The zero-order chi connectivity index (χ0) is 15.3. The topological polar surface area (TPSA) is 84.9 Å². The summed E-state index contributed by atoms with van der Waals surface area (Å²) in [6.07, 6.45) is 0.353. The van der Waals surface area contributed by atoms with Crippen molar-refractivity contribution < 1.29 is 23.0 Å². The monoisotopic (exact) mass is 303 g/mol. The summed E-state index contributed by atoms with van der Waals surface area (Å²) >= 11 is 0. The number of nitrogens with one attached hydrogen (secondary N) is 1. The average molecular weight is 303 g/mol. The number of benzene rings is 1. The highest BCUT2D eigenvalue weighted by Gasteiger charge is 2.22. The molecule has 0 amide bonds. The number of methoxy groups -OCH3 is 2. The van der Waals surface area contributed by atoms with Crippen LogP contribution in [0.4, 0.5) is 0 Å². The predicted octanol–water partition coefficient (Wildman–Crippen LogP) is 1.06. The van der Waals surface area contributed by atoms with Gasteiger partial charge in [0.15, 0.2) is 11.5 Å². The minimum Gasteiger partial charge on any atom is -0.493 e. The van der Waals surface area contributed by atoms with Gasteiger partial charge in [0.2, 0.25) is 10.0 Å². The second-order valence-corrected chi connectivity index (χ2v) is 6.19. The Morgan fingerprint density at radius 2 is 1.80 bits per heavy atom. The number of hydrogen-bond acceptors (Lipinski definition) is 5. The van der Waals surface area contributed by atoms with Crippen molar-refractivity contribution >= 4 is 10.0 Å². The minimum atomic E-state index is -3.67. The maximum absolute atomic E-state index is 12.3. The fraction of sp³-hybridized carbons (Fsp3) is 0.538. The lowest BCUT2D eigenvalue weighted by Crippen LogP contribution is -2.33. The first-order valence-corrected chi connectivity index (χ1v) is 7.69. The van der Waals surface area contributed by atoms with Crippen LogP contribution in [-0.2, 0) is 10.0 Å². The van der Waals surface area contributed by atoms with E-state index in [-0.39, 0.29) is 17.5 Å². The van der Waals surface area contributed by atoms with Gasteiger partial charge in [0, 0.05) is 18.7 Å². The molecule has 20 heavy (non-hydrogen) atoms. The summed E-state index contributed by atoms with van der Waals surface area (Å²) < 4.78 is 37.4. The number of aliphatic hydroxyl groups excluding tert-OH is 1. The molecule has 0 aliphatic rings. The molecule has 0 aliphatic heterocycles. The Morgan fingerprint density at radius 3 is 2.30 bits per heavy atom. The highest BCUT2D eigenvalue weighted by Crippen LogP contribution is 2.32. The van der Waals surface area contributed by atoms with Crippen LogP contribution in [0.2, 0.25) is 0 Å². The van der Waals surface area contributed by atoms with E-state index < -0.39 is 10.0 Å². The van der Waals surface area contributed by atoms with Gasteiger partial charge in [0.1, 0.15) is 0 Å². The summed E-state index contributed by atoms with van der Waals surface area (Å²) in [5, 5.41) is 8.84. The number of aryl methyl sites for hydroxylation is 1. The standard InChI is InChI=1S/C13H21NO5S/c1-9-7-11(18-3)12(19-4)8-13(9)20(16,17)14-10(2)5-6-15/h7-8,10,14-15H,5-6H2,1-4H3. The molecule has 0 spiro atoms. The molecular weight excluding hydrogens is 282 g/mol. The maximum Gasteiger partial charge on any atom is 0.241 e. The smallest absolute Gasteiger partial charge is 0.241 e. The first-order valence-electron chi connectivity index (χ1n) is 6.21. The molecule has 1 rings (SSSR count). The molecule has 0 aliphatic carbocycles. The molecule has 0 saturated heterocycles. The molecule has 0 aromatic heterocycles. The summed E-state index contributed by atoms with van der Waals surface area (Å²) in [7, 11) is -0.724. The Labute approximate surface area is 119 Å². The third-order valence-corrected chi connectivity index (χ3v) is 4.62. The Bertz CT molecular complexity index is 556. The Hall–Kier alpha value is -1.31. The molecule has 0 radical (unpaired) electrons. The van der Waals surface area contributed by atoms with E-state index in [1.807, 2.05) is 0 Å². The van der Waals surface area contributed by atoms with E-state index in [1.54, 1.807) is 19.9 Å². The Balaban J connectivity index is 3.18. The summed E-state index contributed by atoms with van der Waals surface area (Å²) in [4.78, 5) is 0.139. The summed E-state index contributed by atoms with van der Waals surface area (Å²) in [6.45, 7) is 3.31. The van der Waals surface area contributed by atoms with E-state index in [4.69, 9.17) is 14.6 Å². The number of sulfonamides is 1. The van der Waals surface area contributed by atoms with Crippen molar-refractivity contribution in [2.45, 2.75) is 31.2 Å². The van der Waals surface area contributed by atoms with E-state index in [0.717, 1.165) is 0 Å². The molecule has 7 heteroatoms. The van der Waals surface area contributed by atoms with Crippen LogP contribution in [0.1, 0.15) is 18.9 Å². The molecule has 6 nitrogen and oxygen atoms in total. The Kier molecular flexibility index (Phi) is 5.79. The number of aliphatic hydroxyl groups is 1. The van der Waals surface area contributed by atoms with Crippen LogP contribution in [0.5, 0.6) is 11.5 Å². The van der Waals surface area contributed by atoms with E-state index in [0.29, 0.717) is 23.5 Å². The lowest BCUT2D eigenvalue weighted by Gasteiger charge is -2.16. The lowest BCUT2D eigenvalue weighted by molar-refractivity contribution is 0.275. The molecule has 2 N–H and O–H groups in total. The predicted molar refractivity (Wildman–Crippen MR) is 75.8 cm³/mol. The zero-order valence-electron chi connectivity index (χ0n) is 12.1. The molecular formula is C13H21NO5S. The fourth-order valence-corrected chi connectivity index (χ4v) is 3.35. The molecule has 0 heterocycles. The van der Waals surface area contributed by atoms with Gasteiger partial charge >= 0.3 is 0 Å². The number of hydrogen-bond donors (Lipinski definition) is 2. The van der Waals surface area contributed by atoms with Crippen molar-refractivity contribution in [1.82, 2.24) is 4.72 Å². The zero-order valence-corrected chi connectivity index (χ0v) is 13.0. The van der Waals surface area contributed by atoms with Crippen LogP contribution in [0, 0.1) is 6.92 Å². The highest BCUT2D eigenvalue weighted by molar-refractivity contribution is 7.89. The van der Waals surface area contributed by atoms with E-state index in [9.17, 15) is 8.42 Å². The minimum absolute atomic E-state index is 0.0748. The molecule has 0 saturated carbocycles. The molecule has 1 aromatic carbocycles. The van der Waals surface area contributed by atoms with Crippen molar-refractivity contribution in [3.63, 3.8) is 0 Å². The van der Waals surface area contributed by atoms with Gasteiger partial charge in [0.05, 0.1) is 19.1 Å². The van der Waals surface area contributed by atoms with Gasteiger partial charge in [-0.1, -0.05) is 0 Å². The van der Waals surface area contributed by atoms with Gasteiger partial charge < -0.3 is 14.6 Å². The lowest BCUT2D eigenvalue weighted by atomic mass is 10.2. The van der Waals surface area contributed by atoms with E-state index in [1.165, 1.54) is 20.3 Å². The highest BCUT2D eigenvalue weighted by atomic mass is 32.2. The van der Waals surface area contributed by atoms with Crippen molar-refractivity contribution in [3.05, 3.63) is 17.7 Å². The van der Waals surface area contributed by atoms with Crippen LogP contribution in [0.25, 0.3) is 0 Å². The molecule has 0 fully saturated rings. The van der Waals surface area contributed by atoms with Gasteiger partial charge in [-0.2, -0.15) is 0 Å². The largest absolute Gasteiger partial charge is 0.493 e. The SMILES string of the molecule is COc1cc(C)c(S(=O)(=O)NC(C)CCO)cc1OC. The third-order valence-electron chi connectivity index (χ3n) is 2.89. The van der Waals surface area contributed by atoms with Gasteiger partial charge in [-0.25, -0.2) is 13.1 Å². The average Bonchev–Trinajstić information content (AvgIpc) is 2.37. The Morgan fingerprint density at radius 1 is 1.25 bits per heavy atom. The summed E-state index contributed by atoms with van der Waals surface area (Å²) in [6, 6.07) is 2.70. The summed E-state index contributed by atoms with van der Waals surface area (Å²) in [5.41, 5.74) is 0.561. The quantitative estimate of drug-likeness (QED) is 0.787. The second kappa shape index (κ2) is 6.92. The molecule has 1 unspecified atom stereocenters. The molecule has 114 valence electrons. The van der Waals surface area contributed by atoms with E-state index in [2.05, 4.69) is 4.72 Å². The summed E-state index contributed by atoms with van der Waals surface area (Å²) in [5.74, 6) is 0.834. The molecule has 0 bridgehead atoms. The van der Waals surface area contributed by atoms with Crippen molar-refractivity contribution in [2.24, 2.45) is 0 Å². The van der Waals surface area contributed by atoms with E-state index >= 15 is 0 Å². The normalized spacial score (nSPS) is 13.1. The van der Waals surface area contributed by atoms with Crippen molar-refractivity contribution in [3.8, 4) is 11.5 Å². The second-order valence-electron chi connectivity index (χ2n) is 4.51. The molecule has 1 aromatic rings. The third kappa shape index (κ3) is 3.84. The van der Waals surface area contributed by atoms with Gasteiger partial charge in [-0.3, -0.25) is 0 Å². The van der Waals surface area contributed by atoms with Crippen molar-refractivity contribution in [2.75, 3.05) is 20.8 Å². The van der Waals surface area contributed by atoms with Crippen LogP contribution < -0.4 is 14.2 Å². The van der Waals surface area contributed by atoms with Crippen LogP contribution in [0.3, 0.4) is 0 Å². The number of ether oxygens (including phenoxy) is 2. The van der Waals surface area contributed by atoms with Gasteiger partial charge in [-0.05, 0) is 31.9 Å². The fourth-order valence-electron chi connectivity index (χ4n) is 1.83. The van der Waals surface area contributed by atoms with Crippen molar-refractivity contribution in [1.29, 1.82) is 0 Å². The molecule has 1 atom stereocenters. The first kappa shape index (κ1) is 16.7. The van der Waals surface area contributed by atoms with Crippen LogP contribution >= 0.6 is 0 Å². The number of rotatable bonds is 7. The van der Waals surface area contributed by atoms with Gasteiger partial charge in [-0.15, -0.1) is 0 Å². The van der Waals surface area contributed by atoms with Crippen LogP contribution in [-0.4, -0.2) is 40.4 Å². The first-order chi connectivity index (χ1) is 9.35. The van der Waals surface area contributed by atoms with Gasteiger partial charge in [0.25, 0.3) is 0 Å². The van der Waals surface area contributed by atoms with Crippen LogP contribution in [0.15, 0.2) is 17.0 Å². The maximum atomic E-state index is 12.3.